The number of nitrogens with zero attached hydrogens (tertiary/aromatic N) is 3. The van der Waals surface area contributed by atoms with E-state index in [9.17, 15) is 37.9 Å². The highest BCUT2D eigenvalue weighted by Gasteiger charge is 2.46. The average molecular weight is 625 g/mol. The Balaban J connectivity index is 1.42. The maximum Gasteiger partial charge on any atom is 0.363 e. The Morgan fingerprint density at radius 1 is 1.00 bits per heavy atom. The van der Waals surface area contributed by atoms with E-state index in [1.807, 2.05) is 18.2 Å². The van der Waals surface area contributed by atoms with Gasteiger partial charge < -0.3 is 29.8 Å². The lowest BCUT2D eigenvalue weighted by molar-refractivity contribution is -0.144. The summed E-state index contributed by atoms with van der Waals surface area (Å²) < 4.78 is 25.8. The molecule has 0 aromatic heterocycles. The van der Waals surface area contributed by atoms with Crippen LogP contribution in [0.2, 0.25) is 0 Å². The van der Waals surface area contributed by atoms with E-state index in [-0.39, 0.29) is 35.5 Å². The molecule has 232 valence electrons. The van der Waals surface area contributed by atoms with Crippen LogP contribution in [0.5, 0.6) is 0 Å². The first kappa shape index (κ1) is 31.3. The van der Waals surface area contributed by atoms with Gasteiger partial charge in [-0.1, -0.05) is 36.4 Å². The molecule has 3 aromatic rings. The molecule has 4 amide bonds. The molecule has 3 N–H and O–H groups in total. The Kier molecular flexibility index (Phi) is 8.88. The highest BCUT2D eigenvalue weighted by atomic mass is 31.2. The number of benzene rings is 3. The van der Waals surface area contributed by atoms with E-state index in [0.29, 0.717) is 42.3 Å². The van der Waals surface area contributed by atoms with Gasteiger partial charge in [-0.25, -0.2) is 4.39 Å². The lowest BCUT2D eigenvalue weighted by atomic mass is 10.0. The average Bonchev–Trinajstić information content (AvgIpc) is 3.42. The van der Waals surface area contributed by atoms with Crippen LogP contribution in [0.25, 0.3) is 10.8 Å². The van der Waals surface area contributed by atoms with Gasteiger partial charge in [0, 0.05) is 44.4 Å². The monoisotopic (exact) mass is 624 g/mol. The Morgan fingerprint density at radius 2 is 1.70 bits per heavy atom. The van der Waals surface area contributed by atoms with E-state index in [1.165, 1.54) is 47.1 Å². The third-order valence-corrected chi connectivity index (χ3v) is 9.29. The van der Waals surface area contributed by atoms with Gasteiger partial charge in [0.2, 0.25) is 23.6 Å². The molecule has 3 aromatic carbocycles. The summed E-state index contributed by atoms with van der Waals surface area (Å²) >= 11 is 0. The van der Waals surface area contributed by atoms with Crippen LogP contribution in [-0.2, 0) is 18.9 Å². The molecule has 1 unspecified atom stereocenters. The van der Waals surface area contributed by atoms with Gasteiger partial charge in [0.15, 0.2) is 0 Å². The zero-order valence-corrected chi connectivity index (χ0v) is 25.2. The summed E-state index contributed by atoms with van der Waals surface area (Å²) in [4.78, 5) is 76.8. The van der Waals surface area contributed by atoms with Gasteiger partial charge >= 0.3 is 7.60 Å². The Labute approximate surface area is 253 Å². The normalized spacial score (nSPS) is 21.3. The number of alkyl halides is 1. The molecule has 11 nitrogen and oxygen atoms in total. The summed E-state index contributed by atoms with van der Waals surface area (Å²) in [6.07, 6.45) is 1.53. The smallest absolute Gasteiger partial charge is 0.340 e. The molecule has 0 spiro atoms. The van der Waals surface area contributed by atoms with Crippen LogP contribution in [0.3, 0.4) is 0 Å². The molecule has 0 radical (unpaired) electrons. The maximum absolute atomic E-state index is 14.4. The van der Waals surface area contributed by atoms with E-state index in [2.05, 4.69) is 5.32 Å². The number of para-hydroxylation sites is 1. The molecule has 2 aliphatic rings. The lowest BCUT2D eigenvalue weighted by Gasteiger charge is -2.39. The molecule has 2 saturated heterocycles. The van der Waals surface area contributed by atoms with Crippen molar-refractivity contribution < 1.29 is 37.9 Å². The zero-order chi connectivity index (χ0) is 31.8. The van der Waals surface area contributed by atoms with Gasteiger partial charge in [-0.2, -0.15) is 0 Å². The molecular weight excluding hydrogens is 590 g/mol. The zero-order valence-electron chi connectivity index (χ0n) is 24.3. The predicted octanol–water partition coefficient (Wildman–Crippen LogP) is 3.36. The van der Waals surface area contributed by atoms with Gasteiger partial charge in [-0.15, -0.1) is 0 Å². The van der Waals surface area contributed by atoms with E-state index in [1.54, 1.807) is 30.1 Å². The van der Waals surface area contributed by atoms with E-state index >= 15 is 0 Å². The number of amides is 4. The topological polar surface area (TPSA) is 148 Å². The number of hydrogen-bond donors (Lipinski definition) is 3. The molecular formula is C31H34FN4O7P. The van der Waals surface area contributed by atoms with Crippen molar-refractivity contribution in [2.24, 2.45) is 0 Å². The van der Waals surface area contributed by atoms with Crippen LogP contribution in [0.15, 0.2) is 66.7 Å². The molecule has 13 heteroatoms. The van der Waals surface area contributed by atoms with Gasteiger partial charge in [0.05, 0.1) is 0 Å². The number of carbonyl (C=O) groups excluding carboxylic acids is 4. The molecule has 5 rings (SSSR count). The first-order chi connectivity index (χ1) is 20.8. The first-order valence-electron chi connectivity index (χ1n) is 14.3. The summed E-state index contributed by atoms with van der Waals surface area (Å²) in [6.45, 7) is 1.67. The number of carbonyl (C=O) groups is 4. The van der Waals surface area contributed by atoms with Crippen molar-refractivity contribution in [1.29, 1.82) is 0 Å². The second-order valence-electron chi connectivity index (χ2n) is 11.3. The predicted molar refractivity (Wildman–Crippen MR) is 161 cm³/mol. The largest absolute Gasteiger partial charge is 0.363 e. The number of likely N-dealkylation sites (N-methyl/N-ethyl adjacent to an activating group) is 1. The number of nitrogens with one attached hydrogen (secondary N) is 1. The minimum atomic E-state index is -5.03. The minimum Gasteiger partial charge on any atom is -0.340 e. The Morgan fingerprint density at radius 3 is 2.39 bits per heavy atom. The molecule has 2 aliphatic heterocycles. The van der Waals surface area contributed by atoms with E-state index in [0.717, 1.165) is 0 Å². The van der Waals surface area contributed by atoms with Gasteiger partial charge in [-0.05, 0) is 65.9 Å². The minimum absolute atomic E-state index is 0.0812. The lowest BCUT2D eigenvalue weighted by Crippen LogP contribution is -2.61. The fraction of sp³-hybridized carbons (Fsp3) is 0.355. The summed E-state index contributed by atoms with van der Waals surface area (Å²) in [7, 11) is -3.37. The van der Waals surface area contributed by atoms with Crippen LogP contribution < -0.4 is 10.2 Å². The molecule has 0 bridgehead atoms. The van der Waals surface area contributed by atoms with Crippen molar-refractivity contribution in [2.75, 3.05) is 25.0 Å². The summed E-state index contributed by atoms with van der Waals surface area (Å²) in [6, 6.07) is 15.5. The van der Waals surface area contributed by atoms with Crippen LogP contribution >= 0.6 is 7.60 Å². The highest BCUT2D eigenvalue weighted by molar-refractivity contribution is 7.51. The Hall–Kier alpha value is -4.12. The quantitative estimate of drug-likeness (QED) is 0.357. The second kappa shape index (κ2) is 12.5. The van der Waals surface area contributed by atoms with Crippen LogP contribution in [0.1, 0.15) is 48.0 Å². The maximum atomic E-state index is 14.4. The SMILES string of the molecule is CC(=O)N1CC[C@H]2CC[C@@H](C(=O)N(C)c3ccccc3)N2C(=O)[C@@H](NC(=O)c2ccc3ccc(C(F)P(=O)(O)O)cc3c2)C1. The highest BCUT2D eigenvalue weighted by Crippen LogP contribution is 2.52. The number of rotatable bonds is 6. The summed E-state index contributed by atoms with van der Waals surface area (Å²) in [5.74, 6) is -4.10. The fourth-order valence-corrected chi connectivity index (χ4v) is 6.55. The van der Waals surface area contributed by atoms with E-state index in [4.69, 9.17) is 0 Å². The fourth-order valence-electron chi connectivity index (χ4n) is 6.00. The van der Waals surface area contributed by atoms with Crippen molar-refractivity contribution in [3.05, 3.63) is 77.9 Å². The van der Waals surface area contributed by atoms with Gasteiger partial charge in [-0.3, -0.25) is 23.7 Å². The van der Waals surface area contributed by atoms with Crippen LogP contribution in [0, 0.1) is 0 Å². The Bertz CT molecular complexity index is 1650. The standard InChI is InChI=1S/C31H34FN4O7P/c1-19(37)35-15-14-25-12-13-27(31(40)34(2)24-6-4-3-5-7-24)36(25)30(39)26(18-35)33-29(38)22-11-9-20-8-10-21(16-23(20)17-22)28(32)44(41,42)43/h3-11,16-17,25-28H,12-15,18H2,1-2H3,(H,33,38)(H2,41,42,43)/t25-,26+,27+,28?/m1/s1. The van der Waals surface area contributed by atoms with Crippen molar-refractivity contribution in [1.82, 2.24) is 15.1 Å². The van der Waals surface area contributed by atoms with Crippen LogP contribution in [0.4, 0.5) is 10.1 Å². The van der Waals surface area contributed by atoms with Crippen molar-refractivity contribution in [3.63, 3.8) is 0 Å². The molecule has 2 fully saturated rings. The van der Waals surface area contributed by atoms with Gasteiger partial charge in [0.25, 0.3) is 5.91 Å². The van der Waals surface area contributed by atoms with Crippen molar-refractivity contribution >= 4 is 47.7 Å². The van der Waals surface area contributed by atoms with Crippen molar-refractivity contribution in [3.8, 4) is 0 Å². The molecule has 2 heterocycles. The van der Waals surface area contributed by atoms with Crippen molar-refractivity contribution in [2.45, 2.75) is 50.2 Å². The molecule has 4 atom stereocenters. The number of anilines is 1. The third kappa shape index (κ3) is 6.38. The van der Waals surface area contributed by atoms with E-state index < -0.39 is 37.4 Å². The van der Waals surface area contributed by atoms with Gasteiger partial charge in [0.1, 0.15) is 12.1 Å². The summed E-state index contributed by atoms with van der Waals surface area (Å²) in [5, 5.41) is 3.73. The number of halogens is 1. The number of hydrogen-bond acceptors (Lipinski definition) is 5. The molecule has 44 heavy (non-hydrogen) atoms. The third-order valence-electron chi connectivity index (χ3n) is 8.40. The molecule has 0 aliphatic carbocycles. The second-order valence-corrected chi connectivity index (χ2v) is 12.9. The number of fused-ring (bicyclic) bond motifs is 2. The summed E-state index contributed by atoms with van der Waals surface area (Å²) in [5.41, 5.74) is 0.583. The van der Waals surface area contributed by atoms with Crippen LogP contribution in [-0.4, -0.2) is 81.5 Å². The molecule has 0 saturated carbocycles. The first-order valence-corrected chi connectivity index (χ1v) is 16.0.